The standard InChI is InChI=1S/C13H18FN3O2/c1-8(18)16-9-4-5-10(14)11(6-9)17-12(19)7-13(2,3)15/h4-6H,7,15H2,1-3H3,(H,16,18)(H,17,19). The lowest BCUT2D eigenvalue weighted by Crippen LogP contribution is -2.36. The van der Waals surface area contributed by atoms with Gasteiger partial charge in [0.1, 0.15) is 5.82 Å². The second kappa shape index (κ2) is 5.79. The summed E-state index contributed by atoms with van der Waals surface area (Å²) in [6.07, 6.45) is 0.0663. The Morgan fingerprint density at radius 3 is 2.47 bits per heavy atom. The van der Waals surface area contributed by atoms with Gasteiger partial charge < -0.3 is 16.4 Å². The average Bonchev–Trinajstić information content (AvgIpc) is 2.19. The maximum atomic E-state index is 13.5. The number of carbonyl (C=O) groups is 2. The summed E-state index contributed by atoms with van der Waals surface area (Å²) < 4.78 is 13.5. The normalized spacial score (nSPS) is 11.0. The van der Waals surface area contributed by atoms with E-state index in [1.54, 1.807) is 13.8 Å². The van der Waals surface area contributed by atoms with E-state index in [4.69, 9.17) is 5.73 Å². The van der Waals surface area contributed by atoms with Crippen molar-refractivity contribution in [3.8, 4) is 0 Å². The fourth-order valence-electron chi connectivity index (χ4n) is 1.51. The maximum absolute atomic E-state index is 13.5. The van der Waals surface area contributed by atoms with Gasteiger partial charge in [-0.3, -0.25) is 9.59 Å². The third kappa shape index (κ3) is 5.48. The molecule has 0 fully saturated rings. The fraction of sp³-hybridized carbons (Fsp3) is 0.385. The van der Waals surface area contributed by atoms with Crippen LogP contribution in [0.3, 0.4) is 0 Å². The highest BCUT2D eigenvalue weighted by Gasteiger charge is 2.17. The van der Waals surface area contributed by atoms with Crippen LogP contribution >= 0.6 is 0 Å². The molecule has 0 heterocycles. The number of carbonyl (C=O) groups excluding carboxylic acids is 2. The number of nitrogens with two attached hydrogens (primary N) is 1. The lowest BCUT2D eigenvalue weighted by atomic mass is 10.0. The Bertz CT molecular complexity index is 495. The van der Waals surface area contributed by atoms with Crippen LogP contribution < -0.4 is 16.4 Å². The van der Waals surface area contributed by atoms with Crippen LogP contribution in [0, 0.1) is 5.82 Å². The molecule has 0 aliphatic carbocycles. The Morgan fingerprint density at radius 1 is 1.32 bits per heavy atom. The van der Waals surface area contributed by atoms with Crippen molar-refractivity contribution in [1.82, 2.24) is 0 Å². The number of rotatable bonds is 4. The predicted molar refractivity (Wildman–Crippen MR) is 72.2 cm³/mol. The Balaban J connectivity index is 2.82. The van der Waals surface area contributed by atoms with Crippen LogP contribution in [-0.2, 0) is 9.59 Å². The molecule has 19 heavy (non-hydrogen) atoms. The van der Waals surface area contributed by atoms with Gasteiger partial charge in [-0.05, 0) is 32.0 Å². The van der Waals surface area contributed by atoms with Gasteiger partial charge in [-0.15, -0.1) is 0 Å². The molecule has 1 rings (SSSR count). The smallest absolute Gasteiger partial charge is 0.226 e. The van der Waals surface area contributed by atoms with E-state index >= 15 is 0 Å². The molecule has 0 atom stereocenters. The average molecular weight is 267 g/mol. The molecule has 0 saturated carbocycles. The minimum Gasteiger partial charge on any atom is -0.326 e. The SMILES string of the molecule is CC(=O)Nc1ccc(F)c(NC(=O)CC(C)(C)N)c1. The number of halogens is 1. The van der Waals surface area contributed by atoms with Crippen molar-refractivity contribution in [3.05, 3.63) is 24.0 Å². The molecule has 0 spiro atoms. The summed E-state index contributed by atoms with van der Waals surface area (Å²) in [5.74, 6) is -1.23. The molecular formula is C13H18FN3O2. The van der Waals surface area contributed by atoms with E-state index in [2.05, 4.69) is 10.6 Å². The molecule has 4 N–H and O–H groups in total. The van der Waals surface area contributed by atoms with Gasteiger partial charge >= 0.3 is 0 Å². The van der Waals surface area contributed by atoms with Crippen molar-refractivity contribution in [2.24, 2.45) is 5.73 Å². The third-order valence-corrected chi connectivity index (χ3v) is 2.18. The molecule has 5 nitrogen and oxygen atoms in total. The van der Waals surface area contributed by atoms with E-state index in [-0.39, 0.29) is 23.9 Å². The Hall–Kier alpha value is -1.95. The van der Waals surface area contributed by atoms with E-state index in [0.717, 1.165) is 0 Å². The number of benzene rings is 1. The minimum absolute atomic E-state index is 0.0144. The van der Waals surface area contributed by atoms with Crippen molar-refractivity contribution >= 4 is 23.2 Å². The molecule has 1 aromatic carbocycles. The quantitative estimate of drug-likeness (QED) is 0.778. The summed E-state index contributed by atoms with van der Waals surface area (Å²) in [6, 6.07) is 3.95. The van der Waals surface area contributed by atoms with Gasteiger partial charge in [-0.1, -0.05) is 0 Å². The summed E-state index contributed by atoms with van der Waals surface area (Å²) >= 11 is 0. The van der Waals surface area contributed by atoms with Gasteiger partial charge in [0.05, 0.1) is 5.69 Å². The molecule has 0 radical (unpaired) electrons. The second-order valence-electron chi connectivity index (χ2n) is 5.09. The van der Waals surface area contributed by atoms with Crippen molar-refractivity contribution in [2.45, 2.75) is 32.7 Å². The number of nitrogens with one attached hydrogen (secondary N) is 2. The van der Waals surface area contributed by atoms with Crippen molar-refractivity contribution in [3.63, 3.8) is 0 Å². The molecule has 104 valence electrons. The summed E-state index contributed by atoms with van der Waals surface area (Å²) in [4.78, 5) is 22.6. The van der Waals surface area contributed by atoms with Crippen molar-refractivity contribution in [2.75, 3.05) is 10.6 Å². The molecule has 0 aliphatic rings. The first kappa shape index (κ1) is 15.1. The van der Waals surface area contributed by atoms with E-state index in [1.165, 1.54) is 25.1 Å². The second-order valence-corrected chi connectivity index (χ2v) is 5.09. The van der Waals surface area contributed by atoms with E-state index in [1.807, 2.05) is 0 Å². The molecule has 0 aromatic heterocycles. The van der Waals surface area contributed by atoms with E-state index in [9.17, 15) is 14.0 Å². The molecule has 0 saturated heterocycles. The summed E-state index contributed by atoms with van der Waals surface area (Å²) in [5, 5.41) is 4.95. The first-order valence-corrected chi connectivity index (χ1v) is 5.83. The summed E-state index contributed by atoms with van der Waals surface area (Å²) in [5.41, 5.74) is 5.47. The molecule has 2 amide bonds. The first-order valence-electron chi connectivity index (χ1n) is 5.83. The van der Waals surface area contributed by atoms with Crippen LogP contribution in [-0.4, -0.2) is 17.4 Å². The Morgan fingerprint density at radius 2 is 1.95 bits per heavy atom. The van der Waals surface area contributed by atoms with Gasteiger partial charge in [-0.25, -0.2) is 4.39 Å². The molecule has 0 aliphatic heterocycles. The van der Waals surface area contributed by atoms with Crippen LogP contribution in [0.25, 0.3) is 0 Å². The van der Waals surface area contributed by atoms with Gasteiger partial charge in [-0.2, -0.15) is 0 Å². The zero-order valence-electron chi connectivity index (χ0n) is 11.2. The van der Waals surface area contributed by atoms with Gasteiger partial charge in [0.25, 0.3) is 0 Å². The molecule has 6 heteroatoms. The Labute approximate surface area is 111 Å². The zero-order chi connectivity index (χ0) is 14.6. The van der Waals surface area contributed by atoms with Crippen LogP contribution in [0.15, 0.2) is 18.2 Å². The maximum Gasteiger partial charge on any atom is 0.226 e. The topological polar surface area (TPSA) is 84.2 Å². The highest BCUT2D eigenvalue weighted by Crippen LogP contribution is 2.20. The largest absolute Gasteiger partial charge is 0.326 e. The molecule has 0 bridgehead atoms. The summed E-state index contributed by atoms with van der Waals surface area (Å²) in [6.45, 7) is 4.76. The highest BCUT2D eigenvalue weighted by atomic mass is 19.1. The molecular weight excluding hydrogens is 249 g/mol. The van der Waals surface area contributed by atoms with Crippen molar-refractivity contribution < 1.29 is 14.0 Å². The number of amides is 2. The van der Waals surface area contributed by atoms with Crippen LogP contribution in [0.5, 0.6) is 0 Å². The monoisotopic (exact) mass is 267 g/mol. The van der Waals surface area contributed by atoms with E-state index in [0.29, 0.717) is 5.69 Å². The first-order chi connectivity index (χ1) is 8.67. The Kier molecular flexibility index (Phi) is 4.61. The van der Waals surface area contributed by atoms with Crippen LogP contribution in [0.2, 0.25) is 0 Å². The lowest BCUT2D eigenvalue weighted by molar-refractivity contribution is -0.117. The number of hydrogen-bond donors (Lipinski definition) is 3. The fourth-order valence-corrected chi connectivity index (χ4v) is 1.51. The lowest BCUT2D eigenvalue weighted by Gasteiger charge is -2.18. The van der Waals surface area contributed by atoms with Crippen LogP contribution in [0.4, 0.5) is 15.8 Å². The third-order valence-electron chi connectivity index (χ3n) is 2.18. The van der Waals surface area contributed by atoms with Gasteiger partial charge in [0.15, 0.2) is 0 Å². The molecule has 0 unspecified atom stereocenters. The van der Waals surface area contributed by atoms with Crippen LogP contribution in [0.1, 0.15) is 27.2 Å². The minimum atomic E-state index is -0.671. The van der Waals surface area contributed by atoms with Gasteiger partial charge in [0.2, 0.25) is 11.8 Å². The zero-order valence-corrected chi connectivity index (χ0v) is 11.2. The highest BCUT2D eigenvalue weighted by molar-refractivity contribution is 5.93. The number of hydrogen-bond acceptors (Lipinski definition) is 3. The molecule has 1 aromatic rings. The van der Waals surface area contributed by atoms with Gasteiger partial charge in [0, 0.05) is 24.6 Å². The van der Waals surface area contributed by atoms with E-state index < -0.39 is 11.4 Å². The van der Waals surface area contributed by atoms with Crippen molar-refractivity contribution in [1.29, 1.82) is 0 Å². The summed E-state index contributed by atoms with van der Waals surface area (Å²) in [7, 11) is 0. The number of anilines is 2. The predicted octanol–water partition coefficient (Wildman–Crippen LogP) is 1.85.